The molecule has 0 radical (unpaired) electrons. The van der Waals surface area contributed by atoms with Crippen LogP contribution >= 0.6 is 0 Å². The van der Waals surface area contributed by atoms with Gasteiger partial charge in [0.2, 0.25) is 11.6 Å². The van der Waals surface area contributed by atoms with E-state index in [0.717, 1.165) is 17.0 Å². The SMILES string of the molecule is CO[C@]1(NC(=O)C(C)NC(=O)N2CCN(N=Cc3ccco3)C2=O)CN(S(=O)(=O)[O-])C1=O.[Na+]. The molecular weight excluding hydrogens is 475 g/mol. The Bertz CT molecular complexity index is 1060. The van der Waals surface area contributed by atoms with Gasteiger partial charge < -0.3 is 24.3 Å². The quantitative estimate of drug-likeness (QED) is 0.123. The van der Waals surface area contributed by atoms with Crippen molar-refractivity contribution in [3.05, 3.63) is 24.2 Å². The van der Waals surface area contributed by atoms with Crippen LogP contribution in [0.1, 0.15) is 12.7 Å². The van der Waals surface area contributed by atoms with Crippen LogP contribution in [0.5, 0.6) is 0 Å². The first-order chi connectivity index (χ1) is 15.0. The first kappa shape index (κ1) is 26.7. The molecule has 1 unspecified atom stereocenters. The number of carbonyl (C=O) groups excluding carboxylic acids is 4. The van der Waals surface area contributed by atoms with Crippen molar-refractivity contribution in [3.63, 3.8) is 0 Å². The molecule has 0 bridgehead atoms. The van der Waals surface area contributed by atoms with Crippen LogP contribution < -0.4 is 40.2 Å². The van der Waals surface area contributed by atoms with Gasteiger partial charge in [0.1, 0.15) is 11.8 Å². The number of nitrogens with one attached hydrogen (secondary N) is 2. The molecule has 3 heterocycles. The van der Waals surface area contributed by atoms with Crippen molar-refractivity contribution in [2.75, 3.05) is 26.7 Å². The average Bonchev–Trinajstić information content (AvgIpc) is 3.37. The molecule has 0 spiro atoms. The molecule has 1 aromatic rings. The Balaban J connectivity index is 0.00000385. The van der Waals surface area contributed by atoms with Crippen LogP contribution in [0.25, 0.3) is 0 Å². The van der Waals surface area contributed by atoms with Crippen LogP contribution in [0.4, 0.5) is 9.59 Å². The smallest absolute Gasteiger partial charge is 0.731 e. The van der Waals surface area contributed by atoms with E-state index in [9.17, 15) is 32.1 Å². The summed E-state index contributed by atoms with van der Waals surface area (Å²) in [6.45, 7) is 0.680. The van der Waals surface area contributed by atoms with Crippen LogP contribution in [0, 0.1) is 0 Å². The van der Waals surface area contributed by atoms with Gasteiger partial charge in [-0.05, 0) is 19.1 Å². The van der Waals surface area contributed by atoms with Gasteiger partial charge in [-0.1, -0.05) is 0 Å². The van der Waals surface area contributed by atoms with E-state index in [1.165, 1.54) is 19.4 Å². The Morgan fingerprint density at radius 2 is 2.06 bits per heavy atom. The molecule has 3 rings (SSSR count). The van der Waals surface area contributed by atoms with Gasteiger partial charge in [-0.2, -0.15) is 5.10 Å². The van der Waals surface area contributed by atoms with E-state index >= 15 is 0 Å². The molecule has 2 saturated heterocycles. The second kappa shape index (κ2) is 10.2. The van der Waals surface area contributed by atoms with Gasteiger partial charge in [0.25, 0.3) is 5.91 Å². The summed E-state index contributed by atoms with van der Waals surface area (Å²) in [5.74, 6) is -1.76. The zero-order valence-corrected chi connectivity index (χ0v) is 20.7. The van der Waals surface area contributed by atoms with E-state index in [4.69, 9.17) is 9.15 Å². The molecular formula is C16H19N6NaO9S. The number of rotatable bonds is 7. The summed E-state index contributed by atoms with van der Waals surface area (Å²) in [6, 6.07) is 0.413. The van der Waals surface area contributed by atoms with Gasteiger partial charge in [0, 0.05) is 7.11 Å². The number of hydrazone groups is 1. The maximum Gasteiger partial charge on any atom is 1.00 e. The van der Waals surface area contributed by atoms with E-state index in [0.29, 0.717) is 5.76 Å². The van der Waals surface area contributed by atoms with Crippen molar-refractivity contribution in [3.8, 4) is 0 Å². The van der Waals surface area contributed by atoms with Gasteiger partial charge in [-0.3, -0.25) is 9.59 Å². The van der Waals surface area contributed by atoms with Crippen molar-refractivity contribution >= 4 is 40.4 Å². The third kappa shape index (κ3) is 5.53. The van der Waals surface area contributed by atoms with Crippen molar-refractivity contribution < 1.29 is 70.9 Å². The predicted octanol–water partition coefficient (Wildman–Crippen LogP) is -4.79. The molecule has 6 amide bonds. The molecule has 33 heavy (non-hydrogen) atoms. The molecule has 0 saturated carbocycles. The van der Waals surface area contributed by atoms with E-state index in [-0.39, 0.29) is 47.0 Å². The van der Waals surface area contributed by atoms with Crippen LogP contribution in [0.3, 0.4) is 0 Å². The summed E-state index contributed by atoms with van der Waals surface area (Å²) in [5, 5.41) is 9.43. The Morgan fingerprint density at radius 1 is 1.36 bits per heavy atom. The largest absolute Gasteiger partial charge is 1.00 e. The molecule has 2 fully saturated rings. The number of furan rings is 1. The molecule has 2 aliphatic heterocycles. The minimum Gasteiger partial charge on any atom is -0.731 e. The Hall–Kier alpha value is -2.50. The van der Waals surface area contributed by atoms with Gasteiger partial charge in [-0.15, -0.1) is 0 Å². The second-order valence-electron chi connectivity index (χ2n) is 6.78. The van der Waals surface area contributed by atoms with Crippen LogP contribution in [0.15, 0.2) is 27.9 Å². The summed E-state index contributed by atoms with van der Waals surface area (Å²) in [6.07, 6.45) is 2.74. The zero-order chi connectivity index (χ0) is 23.7. The fourth-order valence-corrected chi connectivity index (χ4v) is 3.57. The number of urea groups is 2. The summed E-state index contributed by atoms with van der Waals surface area (Å²) < 4.78 is 42.9. The standard InChI is InChI=1S/C16H20N6O9S.Na/c1-10(12(23)19-16(30-2)9-22(13(16)24)32(27,28)29)18-14(25)20-5-6-21(15(20)26)17-8-11-4-3-7-31-11;/h3-4,7-8,10H,5-6,9H2,1-2H3,(H,18,25)(H,19,23)(H,27,28,29);/q;+1/p-1/t10?,16-;/m1./s1. The number of imide groups is 1. The fourth-order valence-electron chi connectivity index (χ4n) is 2.88. The third-order valence-electron chi connectivity index (χ3n) is 4.71. The maximum absolute atomic E-state index is 12.4. The van der Waals surface area contributed by atoms with E-state index in [2.05, 4.69) is 15.7 Å². The van der Waals surface area contributed by atoms with Gasteiger partial charge in [0.05, 0.1) is 32.1 Å². The number of hydrogen-bond donors (Lipinski definition) is 2. The van der Waals surface area contributed by atoms with Crippen molar-refractivity contribution in [2.45, 2.75) is 18.7 Å². The Kier molecular flexibility index (Phi) is 8.26. The van der Waals surface area contributed by atoms with Gasteiger partial charge in [-0.25, -0.2) is 32.2 Å². The van der Waals surface area contributed by atoms with Crippen molar-refractivity contribution in [1.82, 2.24) is 24.8 Å². The molecule has 2 N–H and O–H groups in total. The summed E-state index contributed by atoms with van der Waals surface area (Å²) in [4.78, 5) is 50.0. The monoisotopic (exact) mass is 494 g/mol. The number of nitrogens with zero attached hydrogens (tertiary/aromatic N) is 4. The Morgan fingerprint density at radius 3 is 2.61 bits per heavy atom. The van der Waals surface area contributed by atoms with Crippen molar-refractivity contribution in [1.29, 1.82) is 0 Å². The molecule has 17 heteroatoms. The predicted molar refractivity (Wildman–Crippen MR) is 102 cm³/mol. The molecule has 2 atom stereocenters. The summed E-state index contributed by atoms with van der Waals surface area (Å²) in [7, 11) is -4.01. The van der Waals surface area contributed by atoms with E-state index in [1.54, 1.807) is 12.1 Å². The summed E-state index contributed by atoms with van der Waals surface area (Å²) in [5.41, 5.74) is -2.05. The maximum atomic E-state index is 12.4. The topological polar surface area (TPSA) is 194 Å². The zero-order valence-electron chi connectivity index (χ0n) is 17.9. The first-order valence-corrected chi connectivity index (χ1v) is 10.5. The first-order valence-electron chi connectivity index (χ1n) is 9.10. The molecule has 0 aromatic carbocycles. The molecule has 15 nitrogen and oxygen atoms in total. The number of hydrogen-bond acceptors (Lipinski definition) is 10. The minimum absolute atomic E-state index is 0. The number of amides is 6. The van der Waals surface area contributed by atoms with Crippen LogP contribution in [0.2, 0.25) is 0 Å². The molecule has 0 aliphatic carbocycles. The van der Waals surface area contributed by atoms with Gasteiger partial charge in [0.15, 0.2) is 10.3 Å². The van der Waals surface area contributed by atoms with Gasteiger partial charge >= 0.3 is 41.6 Å². The Labute approximate surface area is 210 Å². The van der Waals surface area contributed by atoms with Crippen LogP contribution in [-0.4, -0.2) is 95.8 Å². The number of ether oxygens (including phenoxy) is 1. The summed E-state index contributed by atoms with van der Waals surface area (Å²) >= 11 is 0. The molecule has 174 valence electrons. The number of β-lactam (4-membered cyclic amide) rings is 1. The average molecular weight is 494 g/mol. The molecule has 2 aliphatic rings. The normalized spacial score (nSPS) is 21.6. The van der Waals surface area contributed by atoms with E-state index < -0.39 is 52.5 Å². The number of carbonyl (C=O) groups is 4. The number of methoxy groups -OCH3 is 1. The van der Waals surface area contributed by atoms with E-state index in [1.807, 2.05) is 0 Å². The fraction of sp³-hybridized carbons (Fsp3) is 0.438. The second-order valence-corrected chi connectivity index (χ2v) is 8.07. The molecule has 1 aromatic heterocycles. The van der Waals surface area contributed by atoms with Crippen LogP contribution in [-0.2, 0) is 24.6 Å². The van der Waals surface area contributed by atoms with Crippen molar-refractivity contribution in [2.24, 2.45) is 5.10 Å². The third-order valence-corrected chi connectivity index (χ3v) is 5.55. The minimum atomic E-state index is -5.05.